The molecule has 0 saturated heterocycles. The molecule has 1 aliphatic rings. The Hall–Kier alpha value is -1.64. The zero-order valence-corrected chi connectivity index (χ0v) is 8.24. The zero-order valence-electron chi connectivity index (χ0n) is 8.24. The molecule has 2 N–H and O–H groups in total. The minimum atomic E-state index is -0.342. The Morgan fingerprint density at radius 1 is 1.33 bits per heavy atom. The van der Waals surface area contributed by atoms with Gasteiger partial charge in [0.2, 0.25) is 0 Å². The molecule has 0 aliphatic heterocycles. The van der Waals surface area contributed by atoms with Crippen molar-refractivity contribution in [1.29, 1.82) is 0 Å². The van der Waals surface area contributed by atoms with Crippen LogP contribution in [0.3, 0.4) is 0 Å². The largest absolute Gasteiger partial charge is 0.402 e. The Morgan fingerprint density at radius 2 is 1.93 bits per heavy atom. The van der Waals surface area contributed by atoms with Gasteiger partial charge in [-0.2, -0.15) is 0 Å². The fraction of sp³-hybridized carbons (Fsp3) is 0.250. The molecule has 0 heterocycles. The molecule has 1 fully saturated rings. The van der Waals surface area contributed by atoms with Gasteiger partial charge < -0.3 is 5.73 Å². The van der Waals surface area contributed by atoms with Gasteiger partial charge in [0.1, 0.15) is 5.82 Å². The SMILES string of the molecule is N/C(=C\C(=O)c1ccc(F)cc1)C1CC1. The first-order chi connectivity index (χ1) is 7.16. The van der Waals surface area contributed by atoms with E-state index in [1.54, 1.807) is 0 Å². The van der Waals surface area contributed by atoms with Gasteiger partial charge in [0.15, 0.2) is 5.78 Å². The van der Waals surface area contributed by atoms with Gasteiger partial charge >= 0.3 is 0 Å². The van der Waals surface area contributed by atoms with Crippen LogP contribution in [-0.4, -0.2) is 5.78 Å². The normalized spacial score (nSPS) is 16.5. The lowest BCUT2D eigenvalue weighted by atomic mass is 10.1. The molecule has 1 aromatic carbocycles. The fourth-order valence-corrected chi connectivity index (χ4v) is 1.38. The molecule has 0 radical (unpaired) electrons. The van der Waals surface area contributed by atoms with Crippen molar-refractivity contribution in [1.82, 2.24) is 0 Å². The summed E-state index contributed by atoms with van der Waals surface area (Å²) in [4.78, 5) is 11.6. The van der Waals surface area contributed by atoms with Crippen molar-refractivity contribution >= 4 is 5.78 Å². The molecule has 1 aromatic rings. The van der Waals surface area contributed by atoms with Crippen LogP contribution in [0.1, 0.15) is 23.2 Å². The summed E-state index contributed by atoms with van der Waals surface area (Å²) in [6, 6.07) is 5.48. The maximum atomic E-state index is 12.6. The molecule has 1 aliphatic carbocycles. The van der Waals surface area contributed by atoms with Crippen molar-refractivity contribution in [2.75, 3.05) is 0 Å². The lowest BCUT2D eigenvalue weighted by Crippen LogP contribution is -2.04. The highest BCUT2D eigenvalue weighted by Gasteiger charge is 2.24. The van der Waals surface area contributed by atoms with E-state index in [0.29, 0.717) is 17.2 Å². The molecule has 3 heteroatoms. The summed E-state index contributed by atoms with van der Waals surface area (Å²) < 4.78 is 12.6. The van der Waals surface area contributed by atoms with Gasteiger partial charge in [0.05, 0.1) is 0 Å². The van der Waals surface area contributed by atoms with E-state index in [1.807, 2.05) is 0 Å². The first kappa shape index (κ1) is 9.90. The average molecular weight is 205 g/mol. The quantitative estimate of drug-likeness (QED) is 0.607. The van der Waals surface area contributed by atoms with E-state index >= 15 is 0 Å². The van der Waals surface area contributed by atoms with Crippen LogP contribution in [0.2, 0.25) is 0 Å². The summed E-state index contributed by atoms with van der Waals surface area (Å²) >= 11 is 0. The van der Waals surface area contributed by atoms with Crippen molar-refractivity contribution < 1.29 is 9.18 Å². The standard InChI is InChI=1S/C12H12FNO/c13-10-5-3-9(4-6-10)12(15)7-11(14)8-1-2-8/h3-8H,1-2,14H2/b11-7-. The molecule has 0 spiro atoms. The fourth-order valence-electron chi connectivity index (χ4n) is 1.38. The number of rotatable bonds is 3. The second-order valence-corrected chi connectivity index (χ2v) is 3.79. The van der Waals surface area contributed by atoms with E-state index in [1.165, 1.54) is 30.3 Å². The van der Waals surface area contributed by atoms with Gasteiger partial charge in [-0.25, -0.2) is 4.39 Å². The number of hydrogen-bond donors (Lipinski definition) is 1. The lowest BCUT2D eigenvalue weighted by Gasteiger charge is -1.98. The molecule has 1 saturated carbocycles. The predicted octanol–water partition coefficient (Wildman–Crippen LogP) is 2.26. The van der Waals surface area contributed by atoms with Crippen LogP contribution in [0, 0.1) is 11.7 Å². The molecule has 2 nitrogen and oxygen atoms in total. The third kappa shape index (κ3) is 2.43. The topological polar surface area (TPSA) is 43.1 Å². The third-order valence-electron chi connectivity index (χ3n) is 2.48. The van der Waals surface area contributed by atoms with Crippen molar-refractivity contribution in [2.24, 2.45) is 11.7 Å². The molecule has 2 rings (SSSR count). The van der Waals surface area contributed by atoms with Gasteiger partial charge in [0.25, 0.3) is 0 Å². The summed E-state index contributed by atoms with van der Waals surface area (Å²) in [7, 11) is 0. The summed E-state index contributed by atoms with van der Waals surface area (Å²) in [5.41, 5.74) is 6.83. The van der Waals surface area contributed by atoms with E-state index in [9.17, 15) is 9.18 Å². The van der Waals surface area contributed by atoms with Crippen molar-refractivity contribution in [2.45, 2.75) is 12.8 Å². The first-order valence-corrected chi connectivity index (χ1v) is 4.94. The Balaban J connectivity index is 2.13. The highest BCUT2D eigenvalue weighted by Crippen LogP contribution is 2.33. The van der Waals surface area contributed by atoms with E-state index < -0.39 is 0 Å². The molecule has 0 unspecified atom stereocenters. The maximum absolute atomic E-state index is 12.6. The van der Waals surface area contributed by atoms with Crippen molar-refractivity contribution in [3.05, 3.63) is 47.4 Å². The van der Waals surface area contributed by atoms with Crippen LogP contribution in [-0.2, 0) is 0 Å². The number of carbonyl (C=O) groups excluding carboxylic acids is 1. The predicted molar refractivity (Wildman–Crippen MR) is 55.7 cm³/mol. The molecule has 0 amide bonds. The summed E-state index contributed by atoms with van der Waals surface area (Å²) in [5, 5.41) is 0. The van der Waals surface area contributed by atoms with E-state index in [4.69, 9.17) is 5.73 Å². The average Bonchev–Trinajstić information content (AvgIpc) is 3.01. The van der Waals surface area contributed by atoms with Crippen LogP contribution in [0.4, 0.5) is 4.39 Å². The molecule has 15 heavy (non-hydrogen) atoms. The Labute approximate surface area is 87.6 Å². The zero-order chi connectivity index (χ0) is 10.8. The van der Waals surface area contributed by atoms with Crippen LogP contribution >= 0.6 is 0 Å². The van der Waals surface area contributed by atoms with Gasteiger partial charge in [-0.3, -0.25) is 4.79 Å². The van der Waals surface area contributed by atoms with Crippen molar-refractivity contribution in [3.63, 3.8) is 0 Å². The molecular weight excluding hydrogens is 193 g/mol. The second-order valence-electron chi connectivity index (χ2n) is 3.79. The highest BCUT2D eigenvalue weighted by molar-refractivity contribution is 6.04. The van der Waals surface area contributed by atoms with E-state index in [0.717, 1.165) is 12.8 Å². The molecule has 0 aromatic heterocycles. The van der Waals surface area contributed by atoms with Crippen LogP contribution in [0.25, 0.3) is 0 Å². The number of allylic oxidation sites excluding steroid dienone is 2. The monoisotopic (exact) mass is 205 g/mol. The van der Waals surface area contributed by atoms with Crippen LogP contribution in [0.5, 0.6) is 0 Å². The highest BCUT2D eigenvalue weighted by atomic mass is 19.1. The maximum Gasteiger partial charge on any atom is 0.187 e. The van der Waals surface area contributed by atoms with Gasteiger partial charge in [0, 0.05) is 17.3 Å². The van der Waals surface area contributed by atoms with E-state index in [2.05, 4.69) is 0 Å². The Morgan fingerprint density at radius 3 is 2.47 bits per heavy atom. The second kappa shape index (κ2) is 3.85. The van der Waals surface area contributed by atoms with Gasteiger partial charge in [-0.05, 0) is 43.0 Å². The van der Waals surface area contributed by atoms with Gasteiger partial charge in [-0.1, -0.05) is 0 Å². The van der Waals surface area contributed by atoms with Crippen molar-refractivity contribution in [3.8, 4) is 0 Å². The number of ketones is 1. The summed E-state index contributed by atoms with van der Waals surface area (Å²) in [6.07, 6.45) is 3.59. The Bertz CT molecular complexity index is 404. The number of hydrogen-bond acceptors (Lipinski definition) is 2. The first-order valence-electron chi connectivity index (χ1n) is 4.94. The van der Waals surface area contributed by atoms with Crippen LogP contribution < -0.4 is 5.73 Å². The molecular formula is C12H12FNO. The lowest BCUT2D eigenvalue weighted by molar-refractivity contribution is 0.104. The Kier molecular flexibility index (Phi) is 2.54. The third-order valence-corrected chi connectivity index (χ3v) is 2.48. The number of halogens is 1. The number of carbonyl (C=O) groups is 1. The minimum Gasteiger partial charge on any atom is -0.402 e. The number of benzene rings is 1. The number of nitrogens with two attached hydrogens (primary N) is 1. The van der Waals surface area contributed by atoms with Gasteiger partial charge in [-0.15, -0.1) is 0 Å². The van der Waals surface area contributed by atoms with Crippen LogP contribution in [0.15, 0.2) is 36.0 Å². The molecule has 78 valence electrons. The summed E-state index contributed by atoms with van der Waals surface area (Å²) in [5.74, 6) is -0.112. The smallest absolute Gasteiger partial charge is 0.187 e. The van der Waals surface area contributed by atoms with E-state index in [-0.39, 0.29) is 11.6 Å². The minimum absolute atomic E-state index is 0.153. The molecule has 0 bridgehead atoms. The molecule has 0 atom stereocenters. The summed E-state index contributed by atoms with van der Waals surface area (Å²) in [6.45, 7) is 0.